The van der Waals surface area contributed by atoms with Crippen molar-refractivity contribution < 1.29 is 23.1 Å². The summed E-state index contributed by atoms with van der Waals surface area (Å²) in [4.78, 5) is 32.5. The highest BCUT2D eigenvalue weighted by Crippen LogP contribution is 2.34. The molecular formula is C25H21F2N5O3. The molecule has 0 bridgehead atoms. The molecule has 1 saturated carbocycles. The van der Waals surface area contributed by atoms with Crippen molar-refractivity contribution in [1.29, 1.82) is 0 Å². The molecule has 5 rings (SSSR count). The van der Waals surface area contributed by atoms with E-state index in [4.69, 9.17) is 10.5 Å². The number of nitrogens with zero attached hydrogens (tertiary/aromatic N) is 3. The zero-order valence-corrected chi connectivity index (χ0v) is 18.5. The van der Waals surface area contributed by atoms with Crippen molar-refractivity contribution in [2.24, 2.45) is 11.7 Å². The van der Waals surface area contributed by atoms with Gasteiger partial charge < -0.3 is 15.0 Å². The Morgan fingerprint density at radius 3 is 2.69 bits per heavy atom. The van der Waals surface area contributed by atoms with Gasteiger partial charge in [-0.3, -0.25) is 14.9 Å². The number of carbonyl (C=O) groups is 2. The Balaban J connectivity index is 1.32. The largest absolute Gasteiger partial charge is 0.435 e. The van der Waals surface area contributed by atoms with Gasteiger partial charge in [-0.2, -0.15) is 0 Å². The fraction of sp³-hybridized carbons (Fsp3) is 0.200. The van der Waals surface area contributed by atoms with E-state index < -0.39 is 23.4 Å². The summed E-state index contributed by atoms with van der Waals surface area (Å²) < 4.78 is 36.2. The Labute approximate surface area is 198 Å². The van der Waals surface area contributed by atoms with E-state index in [0.29, 0.717) is 23.5 Å². The Morgan fingerprint density at radius 2 is 1.94 bits per heavy atom. The number of nitrogens with two attached hydrogens (primary N) is 1. The summed E-state index contributed by atoms with van der Waals surface area (Å²) in [6.07, 6.45) is 3.41. The van der Waals surface area contributed by atoms with Crippen molar-refractivity contribution in [3.8, 4) is 11.6 Å². The van der Waals surface area contributed by atoms with Crippen molar-refractivity contribution in [3.05, 3.63) is 77.5 Å². The third kappa shape index (κ3) is 4.81. The number of hydrogen-bond acceptors (Lipinski definition) is 5. The van der Waals surface area contributed by atoms with Crippen molar-refractivity contribution >= 4 is 28.8 Å². The Bertz CT molecular complexity index is 1450. The predicted octanol–water partition coefficient (Wildman–Crippen LogP) is 4.19. The number of carbonyl (C=O) groups excluding carboxylic acids is 2. The number of imidazole rings is 1. The molecule has 8 nitrogen and oxygen atoms in total. The van der Waals surface area contributed by atoms with Gasteiger partial charge in [0.25, 0.3) is 5.91 Å². The standard InChI is InChI=1S/C25H21F2N5O3/c26-17-4-1-5-19-22(17)31-25(32(19)13-14-6-7-14)30-21(33)12-15-8-9-20(18(27)11-15)35-24-16(23(28)34)3-2-10-29-24/h1-5,8-11,14H,6-7,12-13H2,(H2,28,34)(H,30,31,33). The topological polar surface area (TPSA) is 112 Å². The average molecular weight is 477 g/mol. The van der Waals surface area contributed by atoms with Crippen LogP contribution >= 0.6 is 0 Å². The van der Waals surface area contributed by atoms with Crippen LogP contribution in [0.1, 0.15) is 28.8 Å². The first-order valence-electron chi connectivity index (χ1n) is 11.0. The summed E-state index contributed by atoms with van der Waals surface area (Å²) in [5.74, 6) is -1.93. The van der Waals surface area contributed by atoms with Gasteiger partial charge in [-0.05, 0) is 60.7 Å². The summed E-state index contributed by atoms with van der Waals surface area (Å²) >= 11 is 0. The van der Waals surface area contributed by atoms with Crippen LogP contribution < -0.4 is 15.8 Å². The van der Waals surface area contributed by atoms with Crippen molar-refractivity contribution in [1.82, 2.24) is 14.5 Å². The van der Waals surface area contributed by atoms with Gasteiger partial charge in [-0.25, -0.2) is 18.7 Å². The van der Waals surface area contributed by atoms with Crippen molar-refractivity contribution in [2.75, 3.05) is 5.32 Å². The van der Waals surface area contributed by atoms with Gasteiger partial charge >= 0.3 is 0 Å². The van der Waals surface area contributed by atoms with Crippen LogP contribution in [0.3, 0.4) is 0 Å². The summed E-state index contributed by atoms with van der Waals surface area (Å²) in [5, 5.41) is 2.73. The Kier molecular flexibility index (Phi) is 5.86. The number of primary amides is 1. The van der Waals surface area contributed by atoms with Crippen LogP contribution in [0.2, 0.25) is 0 Å². The van der Waals surface area contributed by atoms with Gasteiger partial charge in [-0.15, -0.1) is 0 Å². The molecule has 3 N–H and O–H groups in total. The molecule has 1 aliphatic carbocycles. The zero-order chi connectivity index (χ0) is 24.5. The minimum absolute atomic E-state index is 0.0147. The first-order chi connectivity index (χ1) is 16.9. The van der Waals surface area contributed by atoms with E-state index in [1.54, 1.807) is 12.1 Å². The highest BCUT2D eigenvalue weighted by molar-refractivity contribution is 5.95. The lowest BCUT2D eigenvalue weighted by Gasteiger charge is -2.11. The van der Waals surface area contributed by atoms with Crippen LogP contribution in [0.25, 0.3) is 11.0 Å². The fourth-order valence-corrected chi connectivity index (χ4v) is 3.81. The number of aromatic nitrogens is 3. The van der Waals surface area contributed by atoms with Gasteiger partial charge in [0, 0.05) is 12.7 Å². The smallest absolute Gasteiger partial charge is 0.254 e. The molecule has 2 heterocycles. The van der Waals surface area contributed by atoms with Crippen molar-refractivity contribution in [2.45, 2.75) is 25.8 Å². The molecule has 0 radical (unpaired) electrons. The van der Waals surface area contributed by atoms with Crippen molar-refractivity contribution in [3.63, 3.8) is 0 Å². The number of anilines is 1. The lowest BCUT2D eigenvalue weighted by molar-refractivity contribution is -0.115. The summed E-state index contributed by atoms with van der Waals surface area (Å²) in [6, 6.07) is 11.7. The SMILES string of the molecule is NC(=O)c1cccnc1Oc1ccc(CC(=O)Nc2nc3c(F)cccc3n2CC2CC2)cc1F. The number of benzene rings is 2. The second-order valence-electron chi connectivity index (χ2n) is 8.41. The molecule has 1 aliphatic rings. The lowest BCUT2D eigenvalue weighted by Crippen LogP contribution is -2.18. The number of nitrogens with one attached hydrogen (secondary N) is 1. The molecule has 0 aliphatic heterocycles. The van der Waals surface area contributed by atoms with E-state index in [9.17, 15) is 18.4 Å². The normalized spacial score (nSPS) is 13.1. The van der Waals surface area contributed by atoms with Gasteiger partial charge in [-0.1, -0.05) is 12.1 Å². The second-order valence-corrected chi connectivity index (χ2v) is 8.41. The van der Waals surface area contributed by atoms with Crippen LogP contribution in [-0.2, 0) is 17.8 Å². The summed E-state index contributed by atoms with van der Waals surface area (Å²) in [5.41, 5.74) is 6.51. The number of pyridine rings is 1. The maximum atomic E-state index is 14.7. The van der Waals surface area contributed by atoms with E-state index in [0.717, 1.165) is 18.9 Å². The van der Waals surface area contributed by atoms with Gasteiger partial charge in [0.1, 0.15) is 11.1 Å². The molecule has 2 aromatic carbocycles. The molecule has 35 heavy (non-hydrogen) atoms. The third-order valence-corrected chi connectivity index (χ3v) is 5.72. The molecule has 2 aromatic heterocycles. The number of fused-ring (bicyclic) bond motifs is 1. The number of para-hydroxylation sites is 1. The number of amides is 2. The van der Waals surface area contributed by atoms with Gasteiger partial charge in [0.2, 0.25) is 17.7 Å². The van der Waals surface area contributed by atoms with E-state index >= 15 is 0 Å². The maximum Gasteiger partial charge on any atom is 0.254 e. The lowest BCUT2D eigenvalue weighted by atomic mass is 10.1. The molecule has 0 unspecified atom stereocenters. The van der Waals surface area contributed by atoms with E-state index in [1.807, 2.05) is 4.57 Å². The van der Waals surface area contributed by atoms with Gasteiger partial charge in [0.15, 0.2) is 17.4 Å². The molecule has 0 spiro atoms. The molecule has 0 atom stereocenters. The molecule has 4 aromatic rings. The van der Waals surface area contributed by atoms with Crippen LogP contribution in [0, 0.1) is 17.6 Å². The molecule has 178 valence electrons. The fourth-order valence-electron chi connectivity index (χ4n) is 3.81. The van der Waals surface area contributed by atoms with Crippen LogP contribution in [0.4, 0.5) is 14.7 Å². The molecule has 10 heteroatoms. The summed E-state index contributed by atoms with van der Waals surface area (Å²) in [6.45, 7) is 0.636. The first kappa shape index (κ1) is 22.5. The van der Waals surface area contributed by atoms with E-state index in [1.165, 1.54) is 36.5 Å². The number of halogens is 2. The second kappa shape index (κ2) is 9.13. The number of ether oxygens (including phenoxy) is 1. The highest BCUT2D eigenvalue weighted by atomic mass is 19.1. The zero-order valence-electron chi connectivity index (χ0n) is 18.5. The predicted molar refractivity (Wildman–Crippen MR) is 124 cm³/mol. The third-order valence-electron chi connectivity index (χ3n) is 5.72. The minimum Gasteiger partial charge on any atom is -0.435 e. The van der Waals surface area contributed by atoms with Crippen LogP contribution in [0.15, 0.2) is 54.7 Å². The Hall–Kier alpha value is -4.34. The van der Waals surface area contributed by atoms with E-state index in [2.05, 4.69) is 15.3 Å². The number of hydrogen-bond donors (Lipinski definition) is 2. The van der Waals surface area contributed by atoms with Crippen LogP contribution in [0.5, 0.6) is 11.6 Å². The van der Waals surface area contributed by atoms with Gasteiger partial charge in [0.05, 0.1) is 11.9 Å². The molecular weight excluding hydrogens is 456 g/mol. The number of rotatable bonds is 8. The quantitative estimate of drug-likeness (QED) is 0.395. The molecule has 0 saturated heterocycles. The Morgan fingerprint density at radius 1 is 1.11 bits per heavy atom. The van der Waals surface area contributed by atoms with E-state index in [-0.39, 0.29) is 35.1 Å². The first-order valence-corrected chi connectivity index (χ1v) is 11.0. The maximum absolute atomic E-state index is 14.7. The monoisotopic (exact) mass is 477 g/mol. The minimum atomic E-state index is -0.755. The van der Waals surface area contributed by atoms with Crippen LogP contribution in [-0.4, -0.2) is 26.3 Å². The summed E-state index contributed by atoms with van der Waals surface area (Å²) in [7, 11) is 0. The molecule has 1 fully saturated rings. The molecule has 2 amide bonds. The highest BCUT2D eigenvalue weighted by Gasteiger charge is 2.25. The average Bonchev–Trinajstić information content (AvgIpc) is 3.58.